The summed E-state index contributed by atoms with van der Waals surface area (Å²) in [4.78, 5) is 8.63. The van der Waals surface area contributed by atoms with E-state index in [0.717, 1.165) is 33.3 Å². The molecule has 32 heavy (non-hydrogen) atoms. The van der Waals surface area contributed by atoms with E-state index < -0.39 is 0 Å². The fourth-order valence-electron chi connectivity index (χ4n) is 3.52. The van der Waals surface area contributed by atoms with E-state index in [-0.39, 0.29) is 0 Å². The summed E-state index contributed by atoms with van der Waals surface area (Å²) in [6.07, 6.45) is 1.50. The average Bonchev–Trinajstić information content (AvgIpc) is 3.41. The van der Waals surface area contributed by atoms with Gasteiger partial charge in [-0.05, 0) is 61.9 Å². The maximum absolute atomic E-state index is 6.19. The summed E-state index contributed by atoms with van der Waals surface area (Å²) in [5.74, 6) is 2.14. The van der Waals surface area contributed by atoms with Gasteiger partial charge in [-0.3, -0.25) is 4.57 Å². The van der Waals surface area contributed by atoms with E-state index in [0.29, 0.717) is 23.4 Å². The summed E-state index contributed by atoms with van der Waals surface area (Å²) in [7, 11) is 0. The minimum absolute atomic E-state index is 0.294. The van der Waals surface area contributed by atoms with E-state index in [9.17, 15) is 0 Å². The molecule has 0 radical (unpaired) electrons. The third-order valence-corrected chi connectivity index (χ3v) is 5.96. The molecule has 0 amide bonds. The van der Waals surface area contributed by atoms with Gasteiger partial charge in [-0.2, -0.15) is 14.6 Å². The third kappa shape index (κ3) is 3.82. The Labute approximate surface area is 189 Å². The number of aromatic nitrogens is 7. The van der Waals surface area contributed by atoms with Gasteiger partial charge in [0.2, 0.25) is 5.16 Å². The molecule has 0 bridgehead atoms. The lowest BCUT2D eigenvalue weighted by atomic mass is 10.1. The molecule has 8 nitrogen and oxygen atoms in total. The minimum atomic E-state index is 0.294. The molecular formula is C23H21N7OS. The van der Waals surface area contributed by atoms with Crippen LogP contribution in [0.25, 0.3) is 11.5 Å². The predicted molar refractivity (Wildman–Crippen MR) is 121 cm³/mol. The van der Waals surface area contributed by atoms with Gasteiger partial charge in [0.1, 0.15) is 23.7 Å². The van der Waals surface area contributed by atoms with Crippen molar-refractivity contribution in [2.75, 3.05) is 0 Å². The number of hydrogen-bond acceptors (Lipinski definition) is 7. The quantitative estimate of drug-likeness (QED) is 0.361. The third-order valence-electron chi connectivity index (χ3n) is 5.01. The normalized spacial score (nSPS) is 11.2. The Morgan fingerprint density at radius 3 is 2.50 bits per heavy atom. The Balaban J connectivity index is 1.54. The van der Waals surface area contributed by atoms with E-state index in [4.69, 9.17) is 4.74 Å². The van der Waals surface area contributed by atoms with Crippen molar-refractivity contribution in [1.29, 1.82) is 0 Å². The average molecular weight is 444 g/mol. The second kappa shape index (κ2) is 8.43. The van der Waals surface area contributed by atoms with Crippen LogP contribution in [0.1, 0.15) is 22.6 Å². The Hall–Kier alpha value is -3.72. The zero-order valence-corrected chi connectivity index (χ0v) is 18.7. The minimum Gasteiger partial charge on any atom is -0.485 e. The van der Waals surface area contributed by atoms with Crippen LogP contribution in [0.2, 0.25) is 0 Å². The fraction of sp³-hybridized carbons (Fsp3) is 0.174. The monoisotopic (exact) mass is 443 g/mol. The molecule has 160 valence electrons. The molecule has 0 N–H and O–H groups in total. The van der Waals surface area contributed by atoms with Gasteiger partial charge in [0.15, 0.2) is 5.82 Å². The maximum atomic E-state index is 6.19. The van der Waals surface area contributed by atoms with E-state index in [1.54, 1.807) is 4.52 Å². The SMILES string of the molecule is Cc1cc(Sc2nnc(COc3c(C)cccc3C)n2-c2ccccc2)n2ncnc2n1. The number of ether oxygens (including phenoxy) is 1. The fourth-order valence-corrected chi connectivity index (χ4v) is 4.54. The Morgan fingerprint density at radius 1 is 0.938 bits per heavy atom. The van der Waals surface area contributed by atoms with Gasteiger partial charge in [-0.25, -0.2) is 4.98 Å². The molecule has 0 unspecified atom stereocenters. The van der Waals surface area contributed by atoms with E-state index in [1.165, 1.54) is 18.1 Å². The first-order valence-electron chi connectivity index (χ1n) is 10.1. The highest BCUT2D eigenvalue weighted by molar-refractivity contribution is 7.99. The lowest BCUT2D eigenvalue weighted by molar-refractivity contribution is 0.289. The molecule has 0 fully saturated rings. The lowest BCUT2D eigenvalue weighted by Gasteiger charge is -2.14. The summed E-state index contributed by atoms with van der Waals surface area (Å²) < 4.78 is 9.90. The van der Waals surface area contributed by atoms with Crippen LogP contribution < -0.4 is 4.74 Å². The van der Waals surface area contributed by atoms with Crippen molar-refractivity contribution in [3.8, 4) is 11.4 Å². The Morgan fingerprint density at radius 2 is 1.72 bits per heavy atom. The van der Waals surface area contributed by atoms with Crippen molar-refractivity contribution in [3.05, 3.63) is 83.6 Å². The molecule has 2 aromatic carbocycles. The van der Waals surface area contributed by atoms with Gasteiger partial charge in [-0.15, -0.1) is 10.2 Å². The van der Waals surface area contributed by atoms with Crippen molar-refractivity contribution < 1.29 is 4.74 Å². The molecule has 0 aliphatic rings. The van der Waals surface area contributed by atoms with Gasteiger partial charge in [0, 0.05) is 11.4 Å². The van der Waals surface area contributed by atoms with Crippen molar-refractivity contribution >= 4 is 17.5 Å². The van der Waals surface area contributed by atoms with Crippen LogP contribution in [0.5, 0.6) is 5.75 Å². The first kappa shape index (κ1) is 20.2. The molecule has 0 spiro atoms. The molecule has 3 heterocycles. The molecule has 3 aromatic heterocycles. The first-order chi connectivity index (χ1) is 15.6. The second-order valence-corrected chi connectivity index (χ2v) is 8.38. The van der Waals surface area contributed by atoms with Crippen molar-refractivity contribution in [1.82, 2.24) is 34.3 Å². The maximum Gasteiger partial charge on any atom is 0.253 e. The van der Waals surface area contributed by atoms with E-state index in [1.807, 2.05) is 79.9 Å². The summed E-state index contributed by atoms with van der Waals surface area (Å²) in [6.45, 7) is 6.31. The molecule has 0 aliphatic carbocycles. The number of hydrogen-bond donors (Lipinski definition) is 0. The molecule has 0 atom stereocenters. The number of fused-ring (bicyclic) bond motifs is 1. The molecular weight excluding hydrogens is 422 g/mol. The summed E-state index contributed by atoms with van der Waals surface area (Å²) in [5, 5.41) is 14.8. The van der Waals surface area contributed by atoms with Gasteiger partial charge in [-0.1, -0.05) is 36.4 Å². The van der Waals surface area contributed by atoms with Gasteiger partial charge < -0.3 is 4.74 Å². The standard InChI is InChI=1S/C23H21N7OS/c1-15-8-7-9-16(2)21(15)31-13-19-27-28-23(29(19)18-10-5-4-6-11-18)32-20-12-17(3)26-22-24-14-25-30(20)22/h4-12,14H,13H2,1-3H3. The van der Waals surface area contributed by atoms with Crippen LogP contribution in [0, 0.1) is 20.8 Å². The van der Waals surface area contributed by atoms with Crippen LogP contribution in [0.4, 0.5) is 0 Å². The highest BCUT2D eigenvalue weighted by Crippen LogP contribution is 2.30. The highest BCUT2D eigenvalue weighted by Gasteiger charge is 2.18. The van der Waals surface area contributed by atoms with Gasteiger partial charge >= 0.3 is 0 Å². The Kier molecular flexibility index (Phi) is 5.32. The second-order valence-electron chi connectivity index (χ2n) is 7.39. The zero-order valence-electron chi connectivity index (χ0n) is 17.9. The van der Waals surface area contributed by atoms with E-state index >= 15 is 0 Å². The smallest absolute Gasteiger partial charge is 0.253 e. The topological polar surface area (TPSA) is 83.0 Å². The first-order valence-corrected chi connectivity index (χ1v) is 11.0. The number of nitrogens with zero attached hydrogens (tertiary/aromatic N) is 7. The zero-order chi connectivity index (χ0) is 22.1. The van der Waals surface area contributed by atoms with Crippen LogP contribution in [0.15, 0.2) is 71.1 Å². The van der Waals surface area contributed by atoms with Crippen LogP contribution in [-0.2, 0) is 6.61 Å². The Bertz CT molecular complexity index is 1370. The van der Waals surface area contributed by atoms with E-state index in [2.05, 4.69) is 25.3 Å². The van der Waals surface area contributed by atoms with Crippen molar-refractivity contribution in [2.45, 2.75) is 37.6 Å². The van der Waals surface area contributed by atoms with Crippen LogP contribution in [-0.4, -0.2) is 34.3 Å². The van der Waals surface area contributed by atoms with Crippen molar-refractivity contribution in [3.63, 3.8) is 0 Å². The number of aryl methyl sites for hydroxylation is 3. The number of rotatable bonds is 6. The van der Waals surface area contributed by atoms with Gasteiger partial charge in [0.25, 0.3) is 5.78 Å². The number of benzene rings is 2. The predicted octanol–water partition coefficient (Wildman–Crippen LogP) is 4.36. The molecule has 5 aromatic rings. The summed E-state index contributed by atoms with van der Waals surface area (Å²) in [5.41, 5.74) is 4.00. The number of para-hydroxylation sites is 2. The largest absolute Gasteiger partial charge is 0.485 e. The highest BCUT2D eigenvalue weighted by atomic mass is 32.2. The van der Waals surface area contributed by atoms with Gasteiger partial charge in [0.05, 0.1) is 0 Å². The van der Waals surface area contributed by atoms with Crippen LogP contribution >= 0.6 is 11.8 Å². The molecule has 5 rings (SSSR count). The summed E-state index contributed by atoms with van der Waals surface area (Å²) in [6, 6.07) is 18.1. The molecule has 0 saturated heterocycles. The van der Waals surface area contributed by atoms with Crippen molar-refractivity contribution in [2.24, 2.45) is 0 Å². The van der Waals surface area contributed by atoms with Crippen LogP contribution in [0.3, 0.4) is 0 Å². The molecule has 9 heteroatoms. The lowest BCUT2D eigenvalue weighted by Crippen LogP contribution is -2.08. The summed E-state index contributed by atoms with van der Waals surface area (Å²) >= 11 is 1.46. The molecule has 0 aliphatic heterocycles. The molecule has 0 saturated carbocycles.